The molecule has 0 bridgehead atoms. The van der Waals surface area contributed by atoms with Gasteiger partial charge in [0.2, 0.25) is 0 Å². The number of fused-ring (bicyclic) bond motifs is 2. The molecule has 0 aliphatic rings. The van der Waals surface area contributed by atoms with Crippen LogP contribution in [-0.2, 0) is 0 Å². The average molecular weight is 410 g/mol. The topological polar surface area (TPSA) is 93.9 Å². The minimum atomic E-state index is -0.356. The standard InChI is InChI=1S/C24H18N4O3/c1-14-10-11-17(20(12-14)28(29)30)21-22(15-6-5-7-16(13-15)31-2)27-24-23(21)25-18-8-3-4-9-19(18)26-24/h3-13H,1-2H3,(H,26,27). The van der Waals surface area contributed by atoms with Gasteiger partial charge in [0.15, 0.2) is 5.65 Å². The number of aromatic nitrogens is 3. The van der Waals surface area contributed by atoms with Crippen molar-refractivity contribution >= 4 is 27.9 Å². The van der Waals surface area contributed by atoms with Gasteiger partial charge in [0.05, 0.1) is 34.3 Å². The normalized spacial score (nSPS) is 11.2. The second-order valence-electron chi connectivity index (χ2n) is 7.29. The van der Waals surface area contributed by atoms with Gasteiger partial charge in [-0.15, -0.1) is 0 Å². The fraction of sp³-hybridized carbons (Fsp3) is 0.0833. The molecule has 7 nitrogen and oxygen atoms in total. The number of ether oxygens (including phenoxy) is 1. The third-order valence-electron chi connectivity index (χ3n) is 5.28. The summed E-state index contributed by atoms with van der Waals surface area (Å²) in [6.07, 6.45) is 0. The molecule has 5 rings (SSSR count). The lowest BCUT2D eigenvalue weighted by Crippen LogP contribution is -1.94. The molecule has 0 aliphatic heterocycles. The van der Waals surface area contributed by atoms with Crippen LogP contribution < -0.4 is 4.74 Å². The number of aryl methyl sites for hydroxylation is 1. The van der Waals surface area contributed by atoms with Gasteiger partial charge in [-0.2, -0.15) is 0 Å². The second-order valence-corrected chi connectivity index (χ2v) is 7.29. The molecule has 0 unspecified atom stereocenters. The molecular formula is C24H18N4O3. The molecule has 7 heteroatoms. The molecule has 0 saturated heterocycles. The first-order chi connectivity index (χ1) is 15.0. The highest BCUT2D eigenvalue weighted by molar-refractivity contribution is 6.04. The first kappa shape index (κ1) is 18.7. The summed E-state index contributed by atoms with van der Waals surface area (Å²) >= 11 is 0. The Morgan fingerprint density at radius 2 is 1.74 bits per heavy atom. The van der Waals surface area contributed by atoms with Crippen LogP contribution in [0.3, 0.4) is 0 Å². The molecule has 152 valence electrons. The van der Waals surface area contributed by atoms with Gasteiger partial charge < -0.3 is 9.72 Å². The Hall–Kier alpha value is -4.26. The van der Waals surface area contributed by atoms with Crippen LogP contribution in [0.2, 0.25) is 0 Å². The van der Waals surface area contributed by atoms with E-state index in [0.29, 0.717) is 33.7 Å². The molecule has 2 heterocycles. The van der Waals surface area contributed by atoms with Crippen LogP contribution in [0, 0.1) is 17.0 Å². The van der Waals surface area contributed by atoms with E-state index in [1.807, 2.05) is 61.5 Å². The number of rotatable bonds is 4. The van der Waals surface area contributed by atoms with Gasteiger partial charge in [-0.25, -0.2) is 9.97 Å². The summed E-state index contributed by atoms with van der Waals surface area (Å²) in [5.41, 5.74) is 6.14. The average Bonchev–Trinajstić information content (AvgIpc) is 3.15. The smallest absolute Gasteiger partial charge is 0.277 e. The van der Waals surface area contributed by atoms with Crippen LogP contribution in [0.4, 0.5) is 5.69 Å². The zero-order chi connectivity index (χ0) is 21.5. The van der Waals surface area contributed by atoms with E-state index in [-0.39, 0.29) is 10.6 Å². The van der Waals surface area contributed by atoms with Gasteiger partial charge in [-0.3, -0.25) is 10.1 Å². The minimum absolute atomic E-state index is 0.0278. The number of nitro benzene ring substituents is 1. The van der Waals surface area contributed by atoms with E-state index in [9.17, 15) is 10.1 Å². The number of aromatic amines is 1. The predicted octanol–water partition coefficient (Wildman–Crippen LogP) is 5.67. The van der Waals surface area contributed by atoms with Crippen LogP contribution >= 0.6 is 0 Å². The summed E-state index contributed by atoms with van der Waals surface area (Å²) in [7, 11) is 1.60. The van der Waals surface area contributed by atoms with Gasteiger partial charge in [0, 0.05) is 17.2 Å². The van der Waals surface area contributed by atoms with Gasteiger partial charge in [-0.1, -0.05) is 30.3 Å². The number of benzene rings is 3. The number of hydrogen-bond donors (Lipinski definition) is 1. The number of H-pyrrole nitrogens is 1. The van der Waals surface area contributed by atoms with Crippen molar-refractivity contribution in [3.63, 3.8) is 0 Å². The molecule has 5 aromatic rings. The highest BCUT2D eigenvalue weighted by atomic mass is 16.6. The van der Waals surface area contributed by atoms with Crippen LogP contribution in [0.15, 0.2) is 66.7 Å². The predicted molar refractivity (Wildman–Crippen MR) is 120 cm³/mol. The molecule has 0 saturated carbocycles. The molecule has 0 spiro atoms. The van der Waals surface area contributed by atoms with Gasteiger partial charge in [0.1, 0.15) is 11.3 Å². The Kier molecular flexibility index (Phi) is 4.36. The third-order valence-corrected chi connectivity index (χ3v) is 5.28. The lowest BCUT2D eigenvalue weighted by Gasteiger charge is -2.08. The SMILES string of the molecule is COc1cccc(-c2[nH]c3nc4ccccc4nc3c2-c2ccc(C)cc2[N+](=O)[O-])c1. The number of para-hydroxylation sites is 2. The highest BCUT2D eigenvalue weighted by Gasteiger charge is 2.25. The van der Waals surface area contributed by atoms with Crippen molar-refractivity contribution in [2.24, 2.45) is 0 Å². The Balaban J connectivity index is 1.91. The van der Waals surface area contributed by atoms with Crippen LogP contribution in [-0.4, -0.2) is 27.0 Å². The van der Waals surface area contributed by atoms with Crippen molar-refractivity contribution in [3.05, 3.63) is 82.4 Å². The maximum atomic E-state index is 11.9. The lowest BCUT2D eigenvalue weighted by atomic mass is 9.98. The summed E-state index contributed by atoms with van der Waals surface area (Å²) in [4.78, 5) is 24.4. The van der Waals surface area contributed by atoms with Crippen LogP contribution in [0.5, 0.6) is 5.75 Å². The first-order valence-corrected chi connectivity index (χ1v) is 9.73. The van der Waals surface area contributed by atoms with Crippen molar-refractivity contribution in [3.8, 4) is 28.1 Å². The zero-order valence-electron chi connectivity index (χ0n) is 16.9. The van der Waals surface area contributed by atoms with Crippen LogP contribution in [0.25, 0.3) is 44.6 Å². The largest absolute Gasteiger partial charge is 0.497 e. The zero-order valence-corrected chi connectivity index (χ0v) is 16.9. The summed E-state index contributed by atoms with van der Waals surface area (Å²) < 4.78 is 5.38. The minimum Gasteiger partial charge on any atom is -0.497 e. The van der Waals surface area contributed by atoms with Crippen molar-refractivity contribution in [2.75, 3.05) is 7.11 Å². The molecule has 0 atom stereocenters. The van der Waals surface area contributed by atoms with Crippen LogP contribution in [0.1, 0.15) is 5.56 Å². The van der Waals surface area contributed by atoms with E-state index in [0.717, 1.165) is 22.2 Å². The summed E-state index contributed by atoms with van der Waals surface area (Å²) in [6.45, 7) is 1.84. The van der Waals surface area contributed by atoms with Crippen molar-refractivity contribution in [1.29, 1.82) is 0 Å². The number of methoxy groups -OCH3 is 1. The third kappa shape index (κ3) is 3.16. The number of nitro groups is 1. The number of hydrogen-bond acceptors (Lipinski definition) is 5. The van der Waals surface area contributed by atoms with E-state index >= 15 is 0 Å². The fourth-order valence-corrected chi connectivity index (χ4v) is 3.82. The monoisotopic (exact) mass is 410 g/mol. The first-order valence-electron chi connectivity index (χ1n) is 9.73. The molecule has 0 amide bonds. The lowest BCUT2D eigenvalue weighted by molar-refractivity contribution is -0.384. The fourth-order valence-electron chi connectivity index (χ4n) is 3.82. The summed E-state index contributed by atoms with van der Waals surface area (Å²) in [6, 6.07) is 20.3. The van der Waals surface area contributed by atoms with E-state index in [1.165, 1.54) is 0 Å². The number of nitrogens with zero attached hydrogens (tertiary/aromatic N) is 3. The van der Waals surface area contributed by atoms with E-state index in [1.54, 1.807) is 19.2 Å². The molecule has 0 fully saturated rings. The van der Waals surface area contributed by atoms with E-state index in [4.69, 9.17) is 14.7 Å². The van der Waals surface area contributed by atoms with Crippen molar-refractivity contribution in [1.82, 2.24) is 15.0 Å². The Morgan fingerprint density at radius 3 is 2.48 bits per heavy atom. The van der Waals surface area contributed by atoms with Gasteiger partial charge in [0.25, 0.3) is 5.69 Å². The summed E-state index contributed by atoms with van der Waals surface area (Å²) in [5.74, 6) is 0.687. The molecule has 1 N–H and O–H groups in total. The quantitative estimate of drug-likeness (QED) is 0.304. The highest BCUT2D eigenvalue weighted by Crippen LogP contribution is 2.42. The Morgan fingerprint density at radius 1 is 0.968 bits per heavy atom. The Bertz CT molecular complexity index is 1470. The molecular weight excluding hydrogens is 392 g/mol. The van der Waals surface area contributed by atoms with E-state index in [2.05, 4.69) is 4.98 Å². The summed E-state index contributed by atoms with van der Waals surface area (Å²) in [5, 5.41) is 11.9. The maximum Gasteiger partial charge on any atom is 0.277 e. The number of nitrogens with one attached hydrogen (secondary N) is 1. The molecule has 0 radical (unpaired) electrons. The second kappa shape index (κ2) is 7.21. The maximum absolute atomic E-state index is 11.9. The molecule has 3 aromatic carbocycles. The van der Waals surface area contributed by atoms with E-state index < -0.39 is 0 Å². The molecule has 0 aliphatic carbocycles. The van der Waals surface area contributed by atoms with Crippen molar-refractivity contribution < 1.29 is 9.66 Å². The molecule has 2 aromatic heterocycles. The molecule has 31 heavy (non-hydrogen) atoms. The van der Waals surface area contributed by atoms with Crippen molar-refractivity contribution in [2.45, 2.75) is 6.92 Å². The van der Waals surface area contributed by atoms with Gasteiger partial charge in [-0.05, 0) is 42.8 Å². The van der Waals surface area contributed by atoms with Gasteiger partial charge >= 0.3 is 0 Å². The Labute approximate surface area is 177 Å².